The van der Waals surface area contributed by atoms with E-state index in [0.717, 1.165) is 30.5 Å². The number of hydrogen-bond donors (Lipinski definition) is 0. The lowest BCUT2D eigenvalue weighted by atomic mass is 10.1. The van der Waals surface area contributed by atoms with Crippen LogP contribution in [0.3, 0.4) is 0 Å². The van der Waals surface area contributed by atoms with Crippen LogP contribution in [-0.4, -0.2) is 37.7 Å². The molecule has 0 radical (unpaired) electrons. The SMILES string of the molecule is CN(CCc1ccc2c(c1)OCCO2)C1CC1. The molecule has 0 unspecified atom stereocenters. The third-order valence-electron chi connectivity index (χ3n) is 3.53. The zero-order chi connectivity index (χ0) is 11.7. The van der Waals surface area contributed by atoms with Crippen LogP contribution < -0.4 is 9.47 Å². The average Bonchev–Trinajstić information content (AvgIpc) is 3.20. The minimum absolute atomic E-state index is 0.663. The summed E-state index contributed by atoms with van der Waals surface area (Å²) in [5, 5.41) is 0. The second kappa shape index (κ2) is 4.57. The number of benzene rings is 1. The largest absolute Gasteiger partial charge is 0.486 e. The number of likely N-dealkylation sites (N-methyl/N-ethyl adjacent to an activating group) is 1. The Balaban J connectivity index is 1.62. The summed E-state index contributed by atoms with van der Waals surface area (Å²) in [5.74, 6) is 1.79. The zero-order valence-electron chi connectivity index (χ0n) is 10.3. The molecule has 1 aromatic carbocycles. The number of fused-ring (bicyclic) bond motifs is 1. The van der Waals surface area contributed by atoms with Crippen molar-refractivity contribution in [2.45, 2.75) is 25.3 Å². The third kappa shape index (κ3) is 2.55. The fraction of sp³-hybridized carbons (Fsp3) is 0.571. The van der Waals surface area contributed by atoms with Crippen LogP contribution in [0.2, 0.25) is 0 Å². The normalized spacial score (nSPS) is 18.5. The summed E-state index contributed by atoms with van der Waals surface area (Å²) in [6, 6.07) is 7.14. The molecule has 0 N–H and O–H groups in total. The van der Waals surface area contributed by atoms with E-state index >= 15 is 0 Å². The van der Waals surface area contributed by atoms with Crippen LogP contribution in [0.5, 0.6) is 11.5 Å². The maximum Gasteiger partial charge on any atom is 0.161 e. The maximum absolute atomic E-state index is 5.59. The highest BCUT2D eigenvalue weighted by atomic mass is 16.6. The number of hydrogen-bond acceptors (Lipinski definition) is 3. The van der Waals surface area contributed by atoms with E-state index < -0.39 is 0 Å². The van der Waals surface area contributed by atoms with Crippen LogP contribution in [0.25, 0.3) is 0 Å². The van der Waals surface area contributed by atoms with Crippen LogP contribution in [0.15, 0.2) is 18.2 Å². The van der Waals surface area contributed by atoms with Crippen molar-refractivity contribution in [3.8, 4) is 11.5 Å². The molecular weight excluding hydrogens is 214 g/mol. The molecule has 0 bridgehead atoms. The number of nitrogens with zero attached hydrogens (tertiary/aromatic N) is 1. The van der Waals surface area contributed by atoms with Crippen molar-refractivity contribution in [1.82, 2.24) is 4.90 Å². The molecule has 3 nitrogen and oxygen atoms in total. The van der Waals surface area contributed by atoms with Gasteiger partial charge >= 0.3 is 0 Å². The summed E-state index contributed by atoms with van der Waals surface area (Å²) in [6.45, 7) is 2.46. The Morgan fingerprint density at radius 2 is 1.94 bits per heavy atom. The van der Waals surface area contributed by atoms with Crippen LogP contribution in [0.1, 0.15) is 18.4 Å². The van der Waals surface area contributed by atoms with E-state index in [9.17, 15) is 0 Å². The van der Waals surface area contributed by atoms with Gasteiger partial charge in [-0.15, -0.1) is 0 Å². The van der Waals surface area contributed by atoms with Crippen LogP contribution >= 0.6 is 0 Å². The third-order valence-corrected chi connectivity index (χ3v) is 3.53. The first-order chi connectivity index (χ1) is 8.33. The first-order valence-electron chi connectivity index (χ1n) is 6.42. The summed E-state index contributed by atoms with van der Waals surface area (Å²) in [5.41, 5.74) is 1.33. The number of rotatable bonds is 4. The lowest BCUT2D eigenvalue weighted by molar-refractivity contribution is 0.171. The zero-order valence-corrected chi connectivity index (χ0v) is 10.3. The molecule has 0 saturated heterocycles. The highest BCUT2D eigenvalue weighted by molar-refractivity contribution is 5.43. The maximum atomic E-state index is 5.59. The number of ether oxygens (including phenoxy) is 2. The summed E-state index contributed by atoms with van der Waals surface area (Å²) >= 11 is 0. The predicted molar refractivity (Wildman–Crippen MR) is 66.8 cm³/mol. The van der Waals surface area contributed by atoms with Gasteiger partial charge in [0.15, 0.2) is 11.5 Å². The molecule has 17 heavy (non-hydrogen) atoms. The Morgan fingerprint density at radius 1 is 1.18 bits per heavy atom. The van der Waals surface area contributed by atoms with Crippen molar-refractivity contribution in [3.63, 3.8) is 0 Å². The molecule has 3 rings (SSSR count). The molecule has 1 saturated carbocycles. The Morgan fingerprint density at radius 3 is 2.71 bits per heavy atom. The topological polar surface area (TPSA) is 21.7 Å². The van der Waals surface area contributed by atoms with Crippen molar-refractivity contribution in [2.24, 2.45) is 0 Å². The summed E-state index contributed by atoms with van der Waals surface area (Å²) in [4.78, 5) is 2.46. The quantitative estimate of drug-likeness (QED) is 0.795. The monoisotopic (exact) mass is 233 g/mol. The summed E-state index contributed by atoms with van der Waals surface area (Å²) < 4.78 is 11.1. The highest BCUT2D eigenvalue weighted by Crippen LogP contribution is 2.31. The van der Waals surface area contributed by atoms with E-state index in [2.05, 4.69) is 24.1 Å². The van der Waals surface area contributed by atoms with Gasteiger partial charge < -0.3 is 14.4 Å². The van der Waals surface area contributed by atoms with Crippen molar-refractivity contribution >= 4 is 0 Å². The van der Waals surface area contributed by atoms with Crippen molar-refractivity contribution in [1.29, 1.82) is 0 Å². The van der Waals surface area contributed by atoms with E-state index in [1.165, 1.54) is 18.4 Å². The Hall–Kier alpha value is -1.22. The van der Waals surface area contributed by atoms with Crippen LogP contribution in [0, 0.1) is 0 Å². The second-order valence-electron chi connectivity index (χ2n) is 4.94. The van der Waals surface area contributed by atoms with Crippen molar-refractivity contribution in [2.75, 3.05) is 26.8 Å². The van der Waals surface area contributed by atoms with Gasteiger partial charge in [0, 0.05) is 12.6 Å². The minimum Gasteiger partial charge on any atom is -0.486 e. The Labute approximate surface area is 102 Å². The van der Waals surface area contributed by atoms with Gasteiger partial charge in [0.2, 0.25) is 0 Å². The van der Waals surface area contributed by atoms with E-state index in [-0.39, 0.29) is 0 Å². The fourth-order valence-electron chi connectivity index (χ4n) is 2.25. The molecule has 0 spiro atoms. The van der Waals surface area contributed by atoms with Gasteiger partial charge in [-0.2, -0.15) is 0 Å². The van der Waals surface area contributed by atoms with Crippen molar-refractivity contribution < 1.29 is 9.47 Å². The minimum atomic E-state index is 0.663. The van der Waals surface area contributed by atoms with Gasteiger partial charge in [-0.1, -0.05) is 6.07 Å². The van der Waals surface area contributed by atoms with E-state index in [1.54, 1.807) is 0 Å². The van der Waals surface area contributed by atoms with Crippen LogP contribution in [-0.2, 0) is 6.42 Å². The highest BCUT2D eigenvalue weighted by Gasteiger charge is 2.25. The average molecular weight is 233 g/mol. The molecule has 0 aromatic heterocycles. The van der Waals surface area contributed by atoms with Gasteiger partial charge in [-0.3, -0.25) is 0 Å². The first-order valence-corrected chi connectivity index (χ1v) is 6.42. The van der Waals surface area contributed by atoms with Gasteiger partial charge in [-0.05, 0) is 44.0 Å². The Kier molecular flexibility index (Phi) is 2.93. The molecular formula is C14H19NO2. The smallest absolute Gasteiger partial charge is 0.161 e. The molecule has 0 amide bonds. The molecule has 0 atom stereocenters. The predicted octanol–water partition coefficient (Wildman–Crippen LogP) is 2.09. The fourth-order valence-corrected chi connectivity index (χ4v) is 2.25. The molecule has 1 aliphatic heterocycles. The van der Waals surface area contributed by atoms with E-state index in [4.69, 9.17) is 9.47 Å². The Bertz CT molecular complexity index is 401. The molecule has 2 aliphatic rings. The molecule has 1 fully saturated rings. The second-order valence-corrected chi connectivity index (χ2v) is 4.94. The first kappa shape index (κ1) is 10.9. The van der Waals surface area contributed by atoms with Gasteiger partial charge in [0.25, 0.3) is 0 Å². The molecule has 3 heteroatoms. The van der Waals surface area contributed by atoms with Gasteiger partial charge in [-0.25, -0.2) is 0 Å². The molecule has 1 aromatic rings. The van der Waals surface area contributed by atoms with Crippen molar-refractivity contribution in [3.05, 3.63) is 23.8 Å². The van der Waals surface area contributed by atoms with E-state index in [0.29, 0.717) is 13.2 Å². The lowest BCUT2D eigenvalue weighted by Crippen LogP contribution is -2.23. The molecule has 1 heterocycles. The molecule has 92 valence electrons. The summed E-state index contributed by atoms with van der Waals surface area (Å²) in [6.07, 6.45) is 3.83. The standard InChI is InChI=1S/C14H19NO2/c1-15(12-3-4-12)7-6-11-2-5-13-14(10-11)17-9-8-16-13/h2,5,10,12H,3-4,6-9H2,1H3. The molecule has 1 aliphatic carbocycles. The van der Waals surface area contributed by atoms with Crippen LogP contribution in [0.4, 0.5) is 0 Å². The van der Waals surface area contributed by atoms with E-state index in [1.807, 2.05) is 6.07 Å². The lowest BCUT2D eigenvalue weighted by Gasteiger charge is -2.20. The van der Waals surface area contributed by atoms with Gasteiger partial charge in [0.05, 0.1) is 0 Å². The van der Waals surface area contributed by atoms with Gasteiger partial charge in [0.1, 0.15) is 13.2 Å². The summed E-state index contributed by atoms with van der Waals surface area (Å²) in [7, 11) is 2.22.